The number of nitrogens with one attached hydrogen (secondary N) is 2. The number of carbonyl (C=O) groups is 2. The number of nitrogens with zero attached hydrogens (tertiary/aromatic N) is 3. The number of benzene rings is 1. The number of pyridine rings is 1. The molecule has 8 nitrogen and oxygen atoms in total. The second-order valence-electron chi connectivity index (χ2n) is 5.33. The van der Waals surface area contributed by atoms with E-state index in [4.69, 9.17) is 9.78 Å². The van der Waals surface area contributed by atoms with Crippen LogP contribution in [-0.4, -0.2) is 22.0 Å². The Morgan fingerprint density at radius 3 is 2.15 bits per heavy atom. The number of hydrogen-bond acceptors (Lipinski definition) is 6. The highest BCUT2D eigenvalue weighted by Crippen LogP contribution is 2.16. The third kappa shape index (κ3) is 3.73. The molecular weight excluding hydrogens is 334 g/mol. The predicted octanol–water partition coefficient (Wildman–Crippen LogP) is 2.75. The zero-order valence-electron chi connectivity index (χ0n) is 13.7. The predicted molar refractivity (Wildman–Crippen MR) is 92.5 cm³/mol. The Hall–Kier alpha value is -3.99. The van der Waals surface area contributed by atoms with Gasteiger partial charge >= 0.3 is 0 Å². The lowest BCUT2D eigenvalue weighted by Crippen LogP contribution is -2.14. The van der Waals surface area contributed by atoms with Gasteiger partial charge in [0.2, 0.25) is 0 Å². The Balaban J connectivity index is 1.64. The van der Waals surface area contributed by atoms with E-state index in [1.54, 1.807) is 31.2 Å². The molecule has 3 aromatic rings. The summed E-state index contributed by atoms with van der Waals surface area (Å²) in [5, 5.41) is 17.7. The van der Waals surface area contributed by atoms with E-state index >= 15 is 0 Å². The number of aromatic nitrogens is 2. The first-order valence-corrected chi connectivity index (χ1v) is 7.57. The van der Waals surface area contributed by atoms with Crippen molar-refractivity contribution in [2.75, 3.05) is 10.6 Å². The summed E-state index contributed by atoms with van der Waals surface area (Å²) in [7, 11) is 0. The average Bonchev–Trinajstić information content (AvgIpc) is 3.09. The van der Waals surface area contributed by atoms with E-state index in [1.165, 1.54) is 24.5 Å². The van der Waals surface area contributed by atoms with Gasteiger partial charge in [0.1, 0.15) is 23.1 Å². The third-order valence-electron chi connectivity index (χ3n) is 3.52. The largest absolute Gasteiger partial charge is 0.361 e. The fourth-order valence-electron chi connectivity index (χ4n) is 2.14. The fraction of sp³-hybridized carbons (Fsp3) is 0.0556. The number of aryl methyl sites for hydroxylation is 1. The zero-order valence-corrected chi connectivity index (χ0v) is 13.7. The molecule has 0 spiro atoms. The summed E-state index contributed by atoms with van der Waals surface area (Å²) in [6, 6.07) is 11.5. The number of rotatable bonds is 4. The van der Waals surface area contributed by atoms with E-state index in [1.807, 2.05) is 6.07 Å². The molecule has 0 aliphatic carbocycles. The van der Waals surface area contributed by atoms with E-state index in [0.29, 0.717) is 28.3 Å². The first-order chi connectivity index (χ1) is 12.6. The van der Waals surface area contributed by atoms with E-state index in [9.17, 15) is 9.59 Å². The van der Waals surface area contributed by atoms with Gasteiger partial charge in [-0.05, 0) is 43.3 Å². The van der Waals surface area contributed by atoms with Gasteiger partial charge in [0.25, 0.3) is 11.8 Å². The molecule has 2 N–H and O–H groups in total. The summed E-state index contributed by atoms with van der Waals surface area (Å²) in [5.41, 5.74) is 2.04. The van der Waals surface area contributed by atoms with Crippen LogP contribution >= 0.6 is 0 Å². The minimum atomic E-state index is -0.397. The molecular formula is C18H13N5O3. The summed E-state index contributed by atoms with van der Waals surface area (Å²) in [4.78, 5) is 28.1. The van der Waals surface area contributed by atoms with Gasteiger partial charge in [0.15, 0.2) is 0 Å². The van der Waals surface area contributed by atoms with Gasteiger partial charge in [-0.3, -0.25) is 9.59 Å². The second kappa shape index (κ2) is 7.27. The first-order valence-electron chi connectivity index (χ1n) is 7.57. The van der Waals surface area contributed by atoms with Gasteiger partial charge in [-0.15, -0.1) is 0 Å². The number of nitriles is 1. The van der Waals surface area contributed by atoms with Crippen LogP contribution in [0.5, 0.6) is 0 Å². The minimum Gasteiger partial charge on any atom is -0.361 e. The molecule has 2 heterocycles. The van der Waals surface area contributed by atoms with Crippen LogP contribution in [-0.2, 0) is 0 Å². The topological polar surface area (TPSA) is 121 Å². The molecule has 3 rings (SSSR count). The normalized spacial score (nSPS) is 10.0. The molecule has 0 saturated heterocycles. The Morgan fingerprint density at radius 1 is 1.00 bits per heavy atom. The Kier molecular flexibility index (Phi) is 4.71. The minimum absolute atomic E-state index is 0.198. The van der Waals surface area contributed by atoms with Crippen molar-refractivity contribution in [3.05, 3.63) is 71.4 Å². The highest BCUT2D eigenvalue weighted by atomic mass is 16.5. The van der Waals surface area contributed by atoms with Crippen LogP contribution in [0.3, 0.4) is 0 Å². The molecule has 0 fully saturated rings. The lowest BCUT2D eigenvalue weighted by atomic mass is 10.2. The lowest BCUT2D eigenvalue weighted by Gasteiger charge is -2.07. The molecule has 2 aromatic heterocycles. The maximum absolute atomic E-state index is 12.1. The van der Waals surface area contributed by atoms with Crippen molar-refractivity contribution in [1.29, 1.82) is 5.26 Å². The third-order valence-corrected chi connectivity index (χ3v) is 3.52. The van der Waals surface area contributed by atoms with Gasteiger partial charge in [0, 0.05) is 17.6 Å². The molecule has 8 heteroatoms. The van der Waals surface area contributed by atoms with Gasteiger partial charge < -0.3 is 15.2 Å². The number of amides is 2. The summed E-state index contributed by atoms with van der Waals surface area (Å²) in [6.07, 6.45) is 2.68. The summed E-state index contributed by atoms with van der Waals surface area (Å²) < 4.78 is 4.86. The highest BCUT2D eigenvalue weighted by Gasteiger charge is 2.13. The monoisotopic (exact) mass is 347 g/mol. The quantitative estimate of drug-likeness (QED) is 0.748. The number of hydrogen-bond donors (Lipinski definition) is 2. The van der Waals surface area contributed by atoms with Gasteiger partial charge in [-0.2, -0.15) is 5.26 Å². The highest BCUT2D eigenvalue weighted by molar-refractivity contribution is 6.05. The van der Waals surface area contributed by atoms with Crippen molar-refractivity contribution in [3.63, 3.8) is 0 Å². The summed E-state index contributed by atoms with van der Waals surface area (Å²) >= 11 is 0. The second-order valence-corrected chi connectivity index (χ2v) is 5.33. The van der Waals surface area contributed by atoms with Crippen molar-refractivity contribution in [1.82, 2.24) is 10.1 Å². The van der Waals surface area contributed by atoms with E-state index in [2.05, 4.69) is 20.8 Å². The van der Waals surface area contributed by atoms with Crippen LogP contribution < -0.4 is 10.6 Å². The molecule has 1 aromatic carbocycles. The molecule has 0 saturated carbocycles. The fourth-order valence-corrected chi connectivity index (χ4v) is 2.14. The number of anilines is 2. The van der Waals surface area contributed by atoms with E-state index in [0.717, 1.165) is 0 Å². The lowest BCUT2D eigenvalue weighted by molar-refractivity contribution is 0.101. The van der Waals surface area contributed by atoms with E-state index in [-0.39, 0.29) is 11.6 Å². The van der Waals surface area contributed by atoms with Crippen molar-refractivity contribution >= 4 is 23.2 Å². The van der Waals surface area contributed by atoms with Gasteiger partial charge in [0.05, 0.1) is 11.8 Å². The van der Waals surface area contributed by atoms with E-state index < -0.39 is 5.91 Å². The molecule has 26 heavy (non-hydrogen) atoms. The van der Waals surface area contributed by atoms with Crippen molar-refractivity contribution in [2.45, 2.75) is 6.92 Å². The van der Waals surface area contributed by atoms with Crippen LogP contribution in [0.15, 0.2) is 53.3 Å². The molecule has 0 aliphatic heterocycles. The molecule has 2 amide bonds. The van der Waals surface area contributed by atoms with Crippen molar-refractivity contribution in [2.24, 2.45) is 0 Å². The maximum Gasteiger partial charge on any atom is 0.274 e. The number of carbonyl (C=O) groups excluding carboxylic acids is 2. The van der Waals surface area contributed by atoms with Crippen LogP contribution in [0.1, 0.15) is 32.2 Å². The summed E-state index contributed by atoms with van der Waals surface area (Å²) in [6.45, 7) is 1.65. The molecule has 0 radical (unpaired) electrons. The zero-order chi connectivity index (χ0) is 18.5. The Labute approximate surface area is 148 Å². The maximum atomic E-state index is 12.1. The molecule has 128 valence electrons. The molecule has 0 atom stereocenters. The first kappa shape index (κ1) is 16.9. The molecule has 0 aliphatic rings. The average molecular weight is 347 g/mol. The van der Waals surface area contributed by atoms with Crippen molar-refractivity contribution < 1.29 is 14.1 Å². The van der Waals surface area contributed by atoms with Crippen LogP contribution in [0.25, 0.3) is 0 Å². The van der Waals surface area contributed by atoms with Crippen LogP contribution in [0.4, 0.5) is 11.4 Å². The van der Waals surface area contributed by atoms with Crippen molar-refractivity contribution in [3.8, 4) is 6.07 Å². The van der Waals surface area contributed by atoms with Crippen LogP contribution in [0, 0.1) is 18.3 Å². The van der Waals surface area contributed by atoms with Crippen LogP contribution in [0.2, 0.25) is 0 Å². The molecule has 0 bridgehead atoms. The Morgan fingerprint density at radius 2 is 1.65 bits per heavy atom. The Bertz CT molecular complexity index is 985. The van der Waals surface area contributed by atoms with Gasteiger partial charge in [-0.1, -0.05) is 5.16 Å². The summed E-state index contributed by atoms with van der Waals surface area (Å²) in [5.74, 6) is -0.296. The standard InChI is InChI=1S/C18H13N5O3/c1-11-15(10-21-26-11)17(24)22-13-3-5-14(6-4-13)23-18(25)16-7-2-12(8-19)9-20-16/h2-7,9-10H,1H3,(H,22,24)(H,23,25). The van der Waals surface area contributed by atoms with Gasteiger partial charge in [-0.25, -0.2) is 4.98 Å². The SMILES string of the molecule is Cc1oncc1C(=O)Nc1ccc(NC(=O)c2ccc(C#N)cn2)cc1. The smallest absolute Gasteiger partial charge is 0.274 e. The molecule has 0 unspecified atom stereocenters.